The first-order valence-corrected chi connectivity index (χ1v) is 7.70. The number of aliphatic carboxylic acids is 1. The van der Waals surface area contributed by atoms with Gasteiger partial charge in [-0.15, -0.1) is 0 Å². The Morgan fingerprint density at radius 3 is 2.18 bits per heavy atom. The summed E-state index contributed by atoms with van der Waals surface area (Å²) in [4.78, 5) is 28.8. The molecule has 2 aromatic heterocycles. The molecule has 28 heavy (non-hydrogen) atoms. The molecule has 0 spiro atoms. The highest BCUT2D eigenvalue weighted by atomic mass is 19.4. The average molecular weight is 396 g/mol. The van der Waals surface area contributed by atoms with Crippen molar-refractivity contribution >= 4 is 17.6 Å². The molecule has 0 fully saturated rings. The first-order chi connectivity index (χ1) is 13.1. The van der Waals surface area contributed by atoms with E-state index in [1.54, 1.807) is 6.33 Å². The third-order valence-corrected chi connectivity index (χ3v) is 3.56. The number of amides is 1. The summed E-state index contributed by atoms with van der Waals surface area (Å²) in [7, 11) is 0. The Labute approximate surface area is 156 Å². The zero-order valence-electron chi connectivity index (χ0n) is 14.7. The highest BCUT2D eigenvalue weighted by molar-refractivity contribution is 6.02. The zero-order chi connectivity index (χ0) is 20.9. The normalized spacial score (nSPS) is 10.8. The molecule has 0 aliphatic heterocycles. The van der Waals surface area contributed by atoms with Crippen LogP contribution in [0.3, 0.4) is 0 Å². The van der Waals surface area contributed by atoms with Gasteiger partial charge in [0.25, 0.3) is 5.91 Å². The lowest BCUT2D eigenvalue weighted by atomic mass is 10.2. The molecule has 0 aliphatic carbocycles. The Hall–Kier alpha value is -3.63. The standard InChI is InChI=1S/C15H14N4O2.C2HF3O2/c1-10-11(2)19(8-16-10)13-5-3-12(4-6-13)18-15(20)14-7-21-9-17-14;3-2(4,5)1(6)7/h3-9H,1-2H3,(H,18,20);(H,6,7). The molecule has 8 nitrogen and oxygen atoms in total. The van der Waals surface area contributed by atoms with Crippen molar-refractivity contribution in [1.82, 2.24) is 14.5 Å². The molecule has 3 aromatic rings. The summed E-state index contributed by atoms with van der Waals surface area (Å²) >= 11 is 0. The van der Waals surface area contributed by atoms with E-state index in [4.69, 9.17) is 14.3 Å². The van der Waals surface area contributed by atoms with Crippen LogP contribution in [0.5, 0.6) is 0 Å². The van der Waals surface area contributed by atoms with Crippen LogP contribution >= 0.6 is 0 Å². The van der Waals surface area contributed by atoms with Gasteiger partial charge in [0.1, 0.15) is 6.26 Å². The predicted molar refractivity (Wildman–Crippen MR) is 91.2 cm³/mol. The molecule has 1 amide bonds. The van der Waals surface area contributed by atoms with E-state index >= 15 is 0 Å². The lowest BCUT2D eigenvalue weighted by molar-refractivity contribution is -0.192. The number of aryl methyl sites for hydroxylation is 1. The molecule has 0 atom stereocenters. The number of rotatable bonds is 3. The van der Waals surface area contributed by atoms with Gasteiger partial charge in [0.15, 0.2) is 12.1 Å². The van der Waals surface area contributed by atoms with Gasteiger partial charge in [0.05, 0.1) is 12.0 Å². The Bertz CT molecular complexity index is 948. The molecule has 11 heteroatoms. The number of nitrogens with zero attached hydrogens (tertiary/aromatic N) is 3. The van der Waals surface area contributed by atoms with Crippen LogP contribution in [0.2, 0.25) is 0 Å². The van der Waals surface area contributed by atoms with Gasteiger partial charge in [-0.25, -0.2) is 14.8 Å². The number of oxazole rings is 1. The van der Waals surface area contributed by atoms with Gasteiger partial charge in [0, 0.05) is 17.1 Å². The second kappa shape index (κ2) is 8.37. The maximum absolute atomic E-state index is 11.8. The molecule has 0 radical (unpaired) electrons. The van der Waals surface area contributed by atoms with Gasteiger partial charge in [0.2, 0.25) is 0 Å². The molecule has 0 unspecified atom stereocenters. The topological polar surface area (TPSA) is 110 Å². The maximum Gasteiger partial charge on any atom is 0.490 e. The number of nitrogens with one attached hydrogen (secondary N) is 1. The Balaban J connectivity index is 0.000000345. The van der Waals surface area contributed by atoms with E-state index in [1.807, 2.05) is 42.7 Å². The summed E-state index contributed by atoms with van der Waals surface area (Å²) in [5.41, 5.74) is 4.03. The average Bonchev–Trinajstić information content (AvgIpc) is 3.27. The smallest absolute Gasteiger partial charge is 0.475 e. The van der Waals surface area contributed by atoms with Gasteiger partial charge in [-0.3, -0.25) is 4.79 Å². The van der Waals surface area contributed by atoms with Crippen LogP contribution < -0.4 is 5.32 Å². The lowest BCUT2D eigenvalue weighted by Crippen LogP contribution is -2.21. The third kappa shape index (κ3) is 5.19. The van der Waals surface area contributed by atoms with Crippen LogP contribution in [0.25, 0.3) is 5.69 Å². The minimum atomic E-state index is -5.08. The quantitative estimate of drug-likeness (QED) is 0.702. The largest absolute Gasteiger partial charge is 0.490 e. The number of benzene rings is 1. The molecular weight excluding hydrogens is 381 g/mol. The predicted octanol–water partition coefficient (Wildman–Crippen LogP) is 3.36. The molecule has 148 valence electrons. The number of halogens is 3. The lowest BCUT2D eigenvalue weighted by Gasteiger charge is -2.07. The van der Waals surface area contributed by atoms with E-state index in [1.165, 1.54) is 12.7 Å². The molecule has 0 saturated carbocycles. The second-order valence-corrected chi connectivity index (χ2v) is 5.46. The summed E-state index contributed by atoms with van der Waals surface area (Å²) in [5.74, 6) is -3.06. The van der Waals surface area contributed by atoms with Crippen molar-refractivity contribution in [1.29, 1.82) is 0 Å². The summed E-state index contributed by atoms with van der Waals surface area (Å²) in [6.45, 7) is 3.99. The van der Waals surface area contributed by atoms with Crippen LogP contribution in [0.4, 0.5) is 18.9 Å². The number of anilines is 1. The SMILES string of the molecule is Cc1ncn(-c2ccc(NC(=O)c3cocn3)cc2)c1C.O=C(O)C(F)(F)F. The Morgan fingerprint density at radius 1 is 1.14 bits per heavy atom. The molecular formula is C17H15F3N4O4. The summed E-state index contributed by atoms with van der Waals surface area (Å²) in [6.07, 6.45) is -0.767. The first kappa shape index (κ1) is 20.7. The number of alkyl halides is 3. The van der Waals surface area contributed by atoms with Gasteiger partial charge >= 0.3 is 12.1 Å². The van der Waals surface area contributed by atoms with Crippen molar-refractivity contribution in [3.8, 4) is 5.69 Å². The summed E-state index contributed by atoms with van der Waals surface area (Å²) in [5, 5.41) is 9.88. The van der Waals surface area contributed by atoms with Crippen molar-refractivity contribution in [3.05, 3.63) is 60.3 Å². The fraction of sp³-hybridized carbons (Fsp3) is 0.176. The minimum absolute atomic E-state index is 0.250. The Morgan fingerprint density at radius 2 is 1.75 bits per heavy atom. The van der Waals surface area contributed by atoms with Crippen molar-refractivity contribution < 1.29 is 32.3 Å². The fourth-order valence-electron chi connectivity index (χ4n) is 1.98. The number of carboxylic acids is 1. The molecule has 1 aromatic carbocycles. The van der Waals surface area contributed by atoms with Crippen molar-refractivity contribution in [2.75, 3.05) is 5.32 Å². The van der Waals surface area contributed by atoms with E-state index in [-0.39, 0.29) is 11.6 Å². The fourth-order valence-corrected chi connectivity index (χ4v) is 1.98. The number of carbonyl (C=O) groups is 2. The molecule has 0 aliphatic rings. The summed E-state index contributed by atoms with van der Waals surface area (Å²) < 4.78 is 38.5. The molecule has 3 rings (SSSR count). The van der Waals surface area contributed by atoms with E-state index < -0.39 is 12.1 Å². The number of carbonyl (C=O) groups excluding carboxylic acids is 1. The van der Waals surface area contributed by atoms with Crippen LogP contribution in [0.1, 0.15) is 21.9 Å². The van der Waals surface area contributed by atoms with E-state index in [9.17, 15) is 18.0 Å². The van der Waals surface area contributed by atoms with Gasteiger partial charge in [-0.1, -0.05) is 0 Å². The molecule has 2 N–H and O–H groups in total. The summed E-state index contributed by atoms with van der Waals surface area (Å²) in [6, 6.07) is 7.52. The molecule has 0 bridgehead atoms. The van der Waals surface area contributed by atoms with Gasteiger partial charge < -0.3 is 19.4 Å². The number of aromatic nitrogens is 3. The van der Waals surface area contributed by atoms with Gasteiger partial charge in [-0.2, -0.15) is 13.2 Å². The first-order valence-electron chi connectivity index (χ1n) is 7.70. The van der Waals surface area contributed by atoms with Crippen LogP contribution in [-0.4, -0.2) is 37.7 Å². The van der Waals surface area contributed by atoms with E-state index in [0.717, 1.165) is 17.1 Å². The highest BCUT2D eigenvalue weighted by Gasteiger charge is 2.38. The van der Waals surface area contributed by atoms with E-state index in [0.29, 0.717) is 5.69 Å². The molecule has 0 saturated heterocycles. The van der Waals surface area contributed by atoms with Crippen LogP contribution in [0.15, 0.2) is 47.7 Å². The number of imidazole rings is 1. The maximum atomic E-state index is 11.8. The number of hydrogen-bond acceptors (Lipinski definition) is 5. The minimum Gasteiger partial charge on any atom is -0.475 e. The van der Waals surface area contributed by atoms with Crippen LogP contribution in [0, 0.1) is 13.8 Å². The van der Waals surface area contributed by atoms with Crippen molar-refractivity contribution in [2.24, 2.45) is 0 Å². The van der Waals surface area contributed by atoms with Crippen molar-refractivity contribution in [2.45, 2.75) is 20.0 Å². The van der Waals surface area contributed by atoms with Crippen molar-refractivity contribution in [3.63, 3.8) is 0 Å². The second-order valence-electron chi connectivity index (χ2n) is 5.46. The van der Waals surface area contributed by atoms with Crippen LogP contribution in [-0.2, 0) is 4.79 Å². The monoisotopic (exact) mass is 396 g/mol. The highest BCUT2D eigenvalue weighted by Crippen LogP contribution is 2.17. The third-order valence-electron chi connectivity index (χ3n) is 3.56. The Kier molecular flexibility index (Phi) is 6.18. The number of hydrogen-bond donors (Lipinski definition) is 2. The van der Waals surface area contributed by atoms with E-state index in [2.05, 4.69) is 15.3 Å². The van der Waals surface area contributed by atoms with Gasteiger partial charge in [-0.05, 0) is 38.1 Å². The molecule has 2 heterocycles. The zero-order valence-corrected chi connectivity index (χ0v) is 14.7. The number of carboxylic acid groups (broad SMARTS) is 1.